The molecule has 0 radical (unpaired) electrons. The summed E-state index contributed by atoms with van der Waals surface area (Å²) in [5.74, 6) is 1.54. The van der Waals surface area contributed by atoms with Crippen molar-refractivity contribution < 1.29 is 0 Å². The van der Waals surface area contributed by atoms with Crippen LogP contribution in [-0.2, 0) is 6.42 Å². The summed E-state index contributed by atoms with van der Waals surface area (Å²) >= 11 is 5.88. The molecule has 1 unspecified atom stereocenters. The van der Waals surface area contributed by atoms with Crippen molar-refractivity contribution in [2.24, 2.45) is 5.92 Å². The Morgan fingerprint density at radius 1 is 1.33 bits per heavy atom. The normalized spacial score (nSPS) is 19.3. The number of hydrogen-bond acceptors (Lipinski definition) is 4. The maximum absolute atomic E-state index is 5.88. The highest BCUT2D eigenvalue weighted by molar-refractivity contribution is 6.30. The summed E-state index contributed by atoms with van der Waals surface area (Å²) in [6, 6.07) is 7.54. The van der Waals surface area contributed by atoms with Gasteiger partial charge in [0.05, 0.1) is 5.69 Å². The topological polar surface area (TPSA) is 55.6 Å². The van der Waals surface area contributed by atoms with Gasteiger partial charge in [-0.1, -0.05) is 11.6 Å². The first-order valence-corrected chi connectivity index (χ1v) is 6.44. The van der Waals surface area contributed by atoms with E-state index in [-0.39, 0.29) is 0 Å². The standard InChI is InChI=1S/C12H14ClN5/c13-10-1-3-11(4-2-10)18-12(15-16-17-18)7-9-5-6-14-8-9/h1-4,9,14H,5-8H2. The van der Waals surface area contributed by atoms with Crippen molar-refractivity contribution in [1.29, 1.82) is 0 Å². The zero-order chi connectivity index (χ0) is 12.4. The smallest absolute Gasteiger partial charge is 0.157 e. The average molecular weight is 264 g/mol. The van der Waals surface area contributed by atoms with Crippen molar-refractivity contribution in [2.45, 2.75) is 12.8 Å². The Morgan fingerprint density at radius 3 is 2.89 bits per heavy atom. The van der Waals surface area contributed by atoms with Crippen LogP contribution in [0.25, 0.3) is 5.69 Å². The van der Waals surface area contributed by atoms with E-state index in [1.807, 2.05) is 24.3 Å². The van der Waals surface area contributed by atoms with Gasteiger partial charge in [-0.05, 0) is 60.1 Å². The lowest BCUT2D eigenvalue weighted by Crippen LogP contribution is -2.13. The molecule has 2 heterocycles. The van der Waals surface area contributed by atoms with Crippen molar-refractivity contribution in [2.75, 3.05) is 13.1 Å². The molecule has 1 N–H and O–H groups in total. The molecule has 0 aliphatic carbocycles. The minimum absolute atomic E-state index is 0.627. The molecular weight excluding hydrogens is 250 g/mol. The lowest BCUT2D eigenvalue weighted by molar-refractivity contribution is 0.551. The summed E-state index contributed by atoms with van der Waals surface area (Å²) in [6.07, 6.45) is 2.09. The molecular formula is C12H14ClN5. The molecule has 5 nitrogen and oxygen atoms in total. The number of benzene rings is 1. The van der Waals surface area contributed by atoms with Gasteiger partial charge in [0.1, 0.15) is 0 Å². The van der Waals surface area contributed by atoms with Crippen molar-refractivity contribution in [3.05, 3.63) is 35.1 Å². The first kappa shape index (κ1) is 11.6. The molecule has 1 fully saturated rings. The van der Waals surface area contributed by atoms with Gasteiger partial charge in [-0.2, -0.15) is 4.68 Å². The summed E-state index contributed by atoms with van der Waals surface area (Å²) in [7, 11) is 0. The fourth-order valence-electron chi connectivity index (χ4n) is 2.26. The Morgan fingerprint density at radius 2 is 2.17 bits per heavy atom. The van der Waals surface area contributed by atoms with Gasteiger partial charge >= 0.3 is 0 Å². The number of tetrazole rings is 1. The number of rotatable bonds is 3. The molecule has 0 amide bonds. The van der Waals surface area contributed by atoms with Crippen LogP contribution in [0.3, 0.4) is 0 Å². The molecule has 0 spiro atoms. The van der Waals surface area contributed by atoms with Crippen molar-refractivity contribution >= 4 is 11.6 Å². The van der Waals surface area contributed by atoms with Crippen molar-refractivity contribution in [3.63, 3.8) is 0 Å². The van der Waals surface area contributed by atoms with E-state index in [1.54, 1.807) is 4.68 Å². The van der Waals surface area contributed by atoms with E-state index in [2.05, 4.69) is 20.8 Å². The highest BCUT2D eigenvalue weighted by Gasteiger charge is 2.19. The van der Waals surface area contributed by atoms with Gasteiger partial charge in [0.25, 0.3) is 0 Å². The summed E-state index contributed by atoms with van der Waals surface area (Å²) in [4.78, 5) is 0. The van der Waals surface area contributed by atoms with Gasteiger partial charge < -0.3 is 5.32 Å². The van der Waals surface area contributed by atoms with E-state index in [0.29, 0.717) is 10.9 Å². The second kappa shape index (κ2) is 5.04. The minimum atomic E-state index is 0.627. The molecule has 1 saturated heterocycles. The number of halogens is 1. The molecule has 2 aromatic rings. The predicted molar refractivity (Wildman–Crippen MR) is 68.8 cm³/mol. The van der Waals surface area contributed by atoms with Gasteiger partial charge in [0, 0.05) is 11.4 Å². The van der Waals surface area contributed by atoms with Crippen LogP contribution in [0.1, 0.15) is 12.2 Å². The van der Waals surface area contributed by atoms with E-state index < -0.39 is 0 Å². The molecule has 1 aliphatic heterocycles. The Bertz CT molecular complexity index is 516. The van der Waals surface area contributed by atoms with E-state index in [4.69, 9.17) is 11.6 Å². The van der Waals surface area contributed by atoms with Crippen LogP contribution in [-0.4, -0.2) is 33.3 Å². The maximum Gasteiger partial charge on any atom is 0.157 e. The van der Waals surface area contributed by atoms with Gasteiger partial charge in [-0.3, -0.25) is 0 Å². The molecule has 0 bridgehead atoms. The van der Waals surface area contributed by atoms with Crippen LogP contribution >= 0.6 is 11.6 Å². The average Bonchev–Trinajstić information content (AvgIpc) is 3.02. The molecule has 1 atom stereocenters. The molecule has 1 aliphatic rings. The second-order valence-corrected chi connectivity index (χ2v) is 4.98. The Balaban J connectivity index is 1.84. The third-order valence-corrected chi connectivity index (χ3v) is 3.49. The minimum Gasteiger partial charge on any atom is -0.316 e. The Labute approximate surface area is 110 Å². The van der Waals surface area contributed by atoms with Gasteiger partial charge in [-0.15, -0.1) is 5.10 Å². The van der Waals surface area contributed by atoms with E-state index >= 15 is 0 Å². The number of nitrogens with one attached hydrogen (secondary N) is 1. The first-order valence-electron chi connectivity index (χ1n) is 6.07. The zero-order valence-corrected chi connectivity index (χ0v) is 10.6. The Kier molecular flexibility index (Phi) is 3.25. The highest BCUT2D eigenvalue weighted by atomic mass is 35.5. The summed E-state index contributed by atoms with van der Waals surface area (Å²) in [5, 5.41) is 16.0. The number of hydrogen-bond donors (Lipinski definition) is 1. The lowest BCUT2D eigenvalue weighted by Gasteiger charge is -2.08. The summed E-state index contributed by atoms with van der Waals surface area (Å²) in [5.41, 5.74) is 0.949. The third-order valence-electron chi connectivity index (χ3n) is 3.24. The van der Waals surface area contributed by atoms with Crippen molar-refractivity contribution in [1.82, 2.24) is 25.5 Å². The zero-order valence-electron chi connectivity index (χ0n) is 9.88. The van der Waals surface area contributed by atoms with Crippen molar-refractivity contribution in [3.8, 4) is 5.69 Å². The lowest BCUT2D eigenvalue weighted by atomic mass is 10.0. The third kappa shape index (κ3) is 2.37. The Hall–Kier alpha value is -1.46. The number of nitrogens with zero attached hydrogens (tertiary/aromatic N) is 4. The van der Waals surface area contributed by atoms with E-state index in [0.717, 1.165) is 31.0 Å². The molecule has 0 saturated carbocycles. The van der Waals surface area contributed by atoms with Crippen LogP contribution in [0, 0.1) is 5.92 Å². The highest BCUT2D eigenvalue weighted by Crippen LogP contribution is 2.17. The van der Waals surface area contributed by atoms with Crippen LogP contribution in [0.5, 0.6) is 0 Å². The van der Waals surface area contributed by atoms with Gasteiger partial charge in [0.15, 0.2) is 5.82 Å². The van der Waals surface area contributed by atoms with Gasteiger partial charge in [0.2, 0.25) is 0 Å². The van der Waals surface area contributed by atoms with E-state index in [1.165, 1.54) is 6.42 Å². The fourth-order valence-corrected chi connectivity index (χ4v) is 2.39. The molecule has 18 heavy (non-hydrogen) atoms. The predicted octanol–water partition coefficient (Wildman–Crippen LogP) is 1.47. The largest absolute Gasteiger partial charge is 0.316 e. The van der Waals surface area contributed by atoms with Gasteiger partial charge in [-0.25, -0.2) is 0 Å². The molecule has 6 heteroatoms. The monoisotopic (exact) mass is 263 g/mol. The molecule has 1 aromatic heterocycles. The summed E-state index contributed by atoms with van der Waals surface area (Å²) < 4.78 is 1.79. The molecule has 94 valence electrons. The van der Waals surface area contributed by atoms with Crippen LogP contribution in [0.2, 0.25) is 5.02 Å². The second-order valence-electron chi connectivity index (χ2n) is 4.55. The van der Waals surface area contributed by atoms with Crippen LogP contribution < -0.4 is 5.32 Å². The quantitative estimate of drug-likeness (QED) is 0.911. The maximum atomic E-state index is 5.88. The summed E-state index contributed by atoms with van der Waals surface area (Å²) in [6.45, 7) is 2.14. The first-order chi connectivity index (χ1) is 8.83. The molecule has 3 rings (SSSR count). The number of aromatic nitrogens is 4. The SMILES string of the molecule is Clc1ccc(-n2nnnc2CC2CCNC2)cc1. The molecule has 1 aromatic carbocycles. The fraction of sp³-hybridized carbons (Fsp3) is 0.417. The van der Waals surface area contributed by atoms with Crippen LogP contribution in [0.4, 0.5) is 0 Å². The van der Waals surface area contributed by atoms with E-state index in [9.17, 15) is 0 Å². The van der Waals surface area contributed by atoms with Crippen LogP contribution in [0.15, 0.2) is 24.3 Å².